The average molecular weight is 322 g/mol. The second-order valence-electron chi connectivity index (χ2n) is 5.30. The van der Waals surface area contributed by atoms with Crippen molar-refractivity contribution < 1.29 is 14.3 Å². The van der Waals surface area contributed by atoms with Gasteiger partial charge >= 0.3 is 5.97 Å². The maximum Gasteiger partial charge on any atom is 0.337 e. The number of nitrogens with zero attached hydrogens (tertiary/aromatic N) is 2. The van der Waals surface area contributed by atoms with Crippen LogP contribution in [0.25, 0.3) is 11.4 Å². The highest BCUT2D eigenvalue weighted by molar-refractivity contribution is 5.89. The minimum absolute atomic E-state index is 0.335. The number of aromatic nitrogens is 2. The molecule has 0 bridgehead atoms. The first-order chi connectivity index (χ1) is 11.7. The molecule has 1 heterocycles. The van der Waals surface area contributed by atoms with Gasteiger partial charge in [0.25, 0.3) is 0 Å². The second kappa shape index (κ2) is 7.00. The molecule has 0 aliphatic carbocycles. The fourth-order valence-electron chi connectivity index (χ4n) is 2.55. The Bertz CT molecular complexity index is 838. The number of benzene rings is 2. The summed E-state index contributed by atoms with van der Waals surface area (Å²) in [7, 11) is 3.02. The maximum atomic E-state index is 11.7. The van der Waals surface area contributed by atoms with Gasteiger partial charge in [-0.1, -0.05) is 12.1 Å². The smallest absolute Gasteiger partial charge is 0.337 e. The van der Waals surface area contributed by atoms with Crippen molar-refractivity contribution in [2.24, 2.45) is 0 Å². The lowest BCUT2D eigenvalue weighted by Gasteiger charge is -2.10. The van der Waals surface area contributed by atoms with E-state index in [1.807, 2.05) is 53.2 Å². The van der Waals surface area contributed by atoms with E-state index in [2.05, 4.69) is 4.98 Å². The predicted molar refractivity (Wildman–Crippen MR) is 91.1 cm³/mol. The zero-order valence-corrected chi connectivity index (χ0v) is 13.6. The van der Waals surface area contributed by atoms with Gasteiger partial charge in [-0.3, -0.25) is 0 Å². The molecule has 5 nitrogen and oxygen atoms in total. The molecule has 5 heteroatoms. The minimum Gasteiger partial charge on any atom is -0.497 e. The topological polar surface area (TPSA) is 53.4 Å². The molecule has 0 spiro atoms. The number of carbonyl (C=O) groups excluding carboxylic acids is 1. The lowest BCUT2D eigenvalue weighted by molar-refractivity contribution is 0.0600. The van der Waals surface area contributed by atoms with Gasteiger partial charge in [0.1, 0.15) is 11.6 Å². The van der Waals surface area contributed by atoms with Crippen molar-refractivity contribution in [3.63, 3.8) is 0 Å². The highest BCUT2D eigenvalue weighted by atomic mass is 16.5. The minimum atomic E-state index is -0.335. The summed E-state index contributed by atoms with van der Waals surface area (Å²) < 4.78 is 12.0. The highest BCUT2D eigenvalue weighted by Gasteiger charge is 2.09. The van der Waals surface area contributed by atoms with Crippen molar-refractivity contribution in [3.05, 3.63) is 72.1 Å². The maximum absolute atomic E-state index is 11.7. The van der Waals surface area contributed by atoms with E-state index < -0.39 is 0 Å². The standard InChI is InChI=1S/C19H18N2O3/c1-23-17-8-6-15(7-9-17)18-20-10-11-21(18)13-14-4-3-5-16(12-14)19(22)24-2/h3-12H,13H2,1-2H3. The second-order valence-corrected chi connectivity index (χ2v) is 5.30. The molecule has 0 atom stereocenters. The molecule has 0 N–H and O–H groups in total. The number of imidazole rings is 1. The molecular weight excluding hydrogens is 304 g/mol. The molecule has 0 amide bonds. The molecule has 24 heavy (non-hydrogen) atoms. The first kappa shape index (κ1) is 15.8. The molecule has 1 aromatic heterocycles. The van der Waals surface area contributed by atoms with Crippen LogP contribution in [0.15, 0.2) is 60.9 Å². The van der Waals surface area contributed by atoms with Crippen LogP contribution in [-0.4, -0.2) is 29.7 Å². The number of hydrogen-bond acceptors (Lipinski definition) is 4. The largest absolute Gasteiger partial charge is 0.497 e. The number of hydrogen-bond donors (Lipinski definition) is 0. The molecule has 0 aliphatic heterocycles. The molecule has 0 saturated heterocycles. The zero-order chi connectivity index (χ0) is 16.9. The third-order valence-electron chi connectivity index (χ3n) is 3.76. The van der Waals surface area contributed by atoms with Crippen LogP contribution < -0.4 is 4.74 Å². The van der Waals surface area contributed by atoms with Crippen LogP contribution in [0, 0.1) is 0 Å². The van der Waals surface area contributed by atoms with E-state index in [-0.39, 0.29) is 5.97 Å². The Kier molecular flexibility index (Phi) is 4.61. The van der Waals surface area contributed by atoms with E-state index in [0.29, 0.717) is 12.1 Å². The average Bonchev–Trinajstić information content (AvgIpc) is 3.09. The van der Waals surface area contributed by atoms with Crippen molar-refractivity contribution in [2.75, 3.05) is 14.2 Å². The Morgan fingerprint density at radius 3 is 2.62 bits per heavy atom. The Hall–Kier alpha value is -3.08. The van der Waals surface area contributed by atoms with Gasteiger partial charge in [0.05, 0.1) is 19.8 Å². The molecule has 0 saturated carbocycles. The number of methoxy groups -OCH3 is 2. The van der Waals surface area contributed by atoms with Gasteiger partial charge < -0.3 is 14.0 Å². The molecule has 0 fully saturated rings. The van der Waals surface area contributed by atoms with Crippen LogP contribution in [0.1, 0.15) is 15.9 Å². The summed E-state index contributed by atoms with van der Waals surface area (Å²) in [5.41, 5.74) is 2.55. The number of rotatable bonds is 5. The van der Waals surface area contributed by atoms with Crippen molar-refractivity contribution in [1.29, 1.82) is 0 Å². The van der Waals surface area contributed by atoms with Gasteiger partial charge in [0.15, 0.2) is 0 Å². The number of esters is 1. The summed E-state index contributed by atoms with van der Waals surface area (Å²) in [4.78, 5) is 16.1. The lowest BCUT2D eigenvalue weighted by atomic mass is 10.1. The van der Waals surface area contributed by atoms with Crippen LogP contribution in [0.2, 0.25) is 0 Å². The Balaban J connectivity index is 1.87. The van der Waals surface area contributed by atoms with Gasteiger partial charge in [-0.25, -0.2) is 9.78 Å². The lowest BCUT2D eigenvalue weighted by Crippen LogP contribution is -2.05. The van der Waals surface area contributed by atoms with Gasteiger partial charge in [-0.15, -0.1) is 0 Å². The van der Waals surface area contributed by atoms with Crippen LogP contribution >= 0.6 is 0 Å². The summed E-state index contributed by atoms with van der Waals surface area (Å²) in [5.74, 6) is 1.33. The summed E-state index contributed by atoms with van der Waals surface area (Å²) in [5, 5.41) is 0. The van der Waals surface area contributed by atoms with Crippen LogP contribution in [0.4, 0.5) is 0 Å². The van der Waals surface area contributed by atoms with Crippen molar-refractivity contribution in [2.45, 2.75) is 6.54 Å². The predicted octanol–water partition coefficient (Wildman–Crippen LogP) is 3.39. The number of carbonyl (C=O) groups is 1. The third-order valence-corrected chi connectivity index (χ3v) is 3.76. The normalized spacial score (nSPS) is 10.4. The van der Waals surface area contributed by atoms with Crippen LogP contribution in [0.3, 0.4) is 0 Å². The Morgan fingerprint density at radius 2 is 1.92 bits per heavy atom. The first-order valence-corrected chi connectivity index (χ1v) is 7.54. The molecule has 3 aromatic rings. The summed E-state index contributed by atoms with van der Waals surface area (Å²) in [6, 6.07) is 15.2. The van der Waals surface area contributed by atoms with Crippen LogP contribution in [0.5, 0.6) is 5.75 Å². The van der Waals surface area contributed by atoms with Gasteiger partial charge in [-0.2, -0.15) is 0 Å². The molecular formula is C19H18N2O3. The van der Waals surface area contributed by atoms with Gasteiger partial charge in [0, 0.05) is 24.5 Å². The van der Waals surface area contributed by atoms with E-state index in [1.165, 1.54) is 7.11 Å². The summed E-state index contributed by atoms with van der Waals surface area (Å²) >= 11 is 0. The fourth-order valence-corrected chi connectivity index (χ4v) is 2.55. The fraction of sp³-hybridized carbons (Fsp3) is 0.158. The molecule has 2 aromatic carbocycles. The molecule has 3 rings (SSSR count). The van der Waals surface area contributed by atoms with E-state index in [4.69, 9.17) is 9.47 Å². The summed E-state index contributed by atoms with van der Waals surface area (Å²) in [6.45, 7) is 0.617. The summed E-state index contributed by atoms with van der Waals surface area (Å²) in [6.07, 6.45) is 3.69. The Labute approximate surface area is 140 Å². The SMILES string of the molecule is COC(=O)c1cccc(Cn2ccnc2-c2ccc(OC)cc2)c1. The highest BCUT2D eigenvalue weighted by Crippen LogP contribution is 2.22. The number of ether oxygens (including phenoxy) is 2. The van der Waals surface area contributed by atoms with Crippen molar-refractivity contribution in [1.82, 2.24) is 9.55 Å². The van der Waals surface area contributed by atoms with Crippen LogP contribution in [-0.2, 0) is 11.3 Å². The van der Waals surface area contributed by atoms with Gasteiger partial charge in [0.2, 0.25) is 0 Å². The van der Waals surface area contributed by atoms with E-state index >= 15 is 0 Å². The van der Waals surface area contributed by atoms with Gasteiger partial charge in [-0.05, 0) is 42.0 Å². The first-order valence-electron chi connectivity index (χ1n) is 7.54. The quantitative estimate of drug-likeness (QED) is 0.676. The molecule has 0 radical (unpaired) electrons. The van der Waals surface area contributed by atoms with E-state index in [1.54, 1.807) is 19.4 Å². The Morgan fingerprint density at radius 1 is 1.12 bits per heavy atom. The third kappa shape index (κ3) is 3.30. The van der Waals surface area contributed by atoms with E-state index in [0.717, 1.165) is 22.7 Å². The molecule has 122 valence electrons. The van der Waals surface area contributed by atoms with E-state index in [9.17, 15) is 4.79 Å². The molecule has 0 unspecified atom stereocenters. The van der Waals surface area contributed by atoms with Crippen molar-refractivity contribution >= 4 is 5.97 Å². The zero-order valence-electron chi connectivity index (χ0n) is 13.6. The van der Waals surface area contributed by atoms with Crippen molar-refractivity contribution in [3.8, 4) is 17.1 Å². The molecule has 0 aliphatic rings. The monoisotopic (exact) mass is 322 g/mol.